The predicted molar refractivity (Wildman–Crippen MR) is 136 cm³/mol. The number of carbonyl (C=O) groups is 2. The highest BCUT2D eigenvalue weighted by molar-refractivity contribution is 9.10. The molecule has 0 spiro atoms. The van der Waals surface area contributed by atoms with E-state index in [0.717, 1.165) is 8.95 Å². The van der Waals surface area contributed by atoms with Gasteiger partial charge in [0.1, 0.15) is 24.0 Å². The summed E-state index contributed by atoms with van der Waals surface area (Å²) in [6, 6.07) is 13.6. The molecule has 2 saturated heterocycles. The first-order chi connectivity index (χ1) is 16.7. The van der Waals surface area contributed by atoms with Gasteiger partial charge in [-0.3, -0.25) is 9.59 Å². The van der Waals surface area contributed by atoms with Crippen molar-refractivity contribution in [2.75, 3.05) is 26.3 Å². The van der Waals surface area contributed by atoms with Gasteiger partial charge in [-0.1, -0.05) is 44.0 Å². The van der Waals surface area contributed by atoms with Gasteiger partial charge in [-0.25, -0.2) is 0 Å². The third-order valence-electron chi connectivity index (χ3n) is 5.95. The number of nitrogens with zero attached hydrogens (tertiary/aromatic N) is 1. The van der Waals surface area contributed by atoms with Crippen LogP contribution in [0.4, 0.5) is 0 Å². The van der Waals surface area contributed by atoms with Gasteiger partial charge in [0.15, 0.2) is 5.79 Å². The van der Waals surface area contributed by atoms with Gasteiger partial charge in [-0.2, -0.15) is 0 Å². The Labute approximate surface area is 221 Å². The Morgan fingerprint density at radius 1 is 1.17 bits per heavy atom. The fraction of sp³-hybridized carbons (Fsp3) is 0.440. The molecule has 2 N–H and O–H groups in total. The van der Waals surface area contributed by atoms with Gasteiger partial charge in [0.25, 0.3) is 5.91 Å². The minimum atomic E-state index is -0.862. The Kier molecular flexibility index (Phi) is 8.17. The van der Waals surface area contributed by atoms with Crippen molar-refractivity contribution in [1.29, 1.82) is 0 Å². The van der Waals surface area contributed by atoms with Crippen LogP contribution in [0.15, 0.2) is 57.5 Å². The van der Waals surface area contributed by atoms with Crippen molar-refractivity contribution in [3.8, 4) is 5.75 Å². The van der Waals surface area contributed by atoms with E-state index in [4.69, 9.17) is 14.2 Å². The molecule has 0 radical (unpaired) electrons. The molecule has 0 aliphatic carbocycles. The predicted octanol–water partition coefficient (Wildman–Crippen LogP) is 3.36. The van der Waals surface area contributed by atoms with Gasteiger partial charge in [0.05, 0.1) is 19.8 Å². The number of rotatable bonds is 8. The lowest BCUT2D eigenvalue weighted by Gasteiger charge is -2.29. The molecule has 188 valence electrons. The first-order valence-corrected chi connectivity index (χ1v) is 12.9. The molecular weight excluding hydrogens is 584 g/mol. The van der Waals surface area contributed by atoms with E-state index in [0.29, 0.717) is 11.3 Å². The van der Waals surface area contributed by atoms with Gasteiger partial charge in [-0.15, -0.1) is 0 Å². The van der Waals surface area contributed by atoms with Crippen LogP contribution in [-0.4, -0.2) is 72.2 Å². The third kappa shape index (κ3) is 6.24. The van der Waals surface area contributed by atoms with Crippen molar-refractivity contribution in [1.82, 2.24) is 10.2 Å². The van der Waals surface area contributed by atoms with Crippen LogP contribution in [0, 0.1) is 5.92 Å². The summed E-state index contributed by atoms with van der Waals surface area (Å²) in [5.74, 6) is -1.15. The number of hydrogen-bond acceptors (Lipinski definition) is 6. The van der Waals surface area contributed by atoms with Crippen LogP contribution in [0.1, 0.15) is 24.2 Å². The van der Waals surface area contributed by atoms with Crippen LogP contribution in [-0.2, 0) is 14.3 Å². The third-order valence-corrected chi connectivity index (χ3v) is 6.94. The normalized spacial score (nSPS) is 23.6. The average Bonchev–Trinajstić information content (AvgIpc) is 3.30. The van der Waals surface area contributed by atoms with E-state index >= 15 is 0 Å². The highest BCUT2D eigenvalue weighted by Gasteiger charge is 2.56. The zero-order valence-electron chi connectivity index (χ0n) is 19.4. The van der Waals surface area contributed by atoms with Crippen LogP contribution in [0.25, 0.3) is 0 Å². The first-order valence-electron chi connectivity index (χ1n) is 11.4. The molecule has 0 aromatic heterocycles. The summed E-state index contributed by atoms with van der Waals surface area (Å²) in [4.78, 5) is 28.2. The lowest BCUT2D eigenvalue weighted by atomic mass is 10.1. The quantitative estimate of drug-likeness (QED) is 0.475. The minimum absolute atomic E-state index is 0.168. The van der Waals surface area contributed by atoms with Gasteiger partial charge in [-0.05, 0) is 50.2 Å². The number of hydrogen-bond donors (Lipinski definition) is 2. The largest absolute Gasteiger partial charge is 0.493 e. The second-order valence-electron chi connectivity index (χ2n) is 9.11. The van der Waals surface area contributed by atoms with Crippen molar-refractivity contribution in [2.45, 2.75) is 37.9 Å². The highest BCUT2D eigenvalue weighted by Crippen LogP contribution is 2.37. The van der Waals surface area contributed by atoms with Crippen molar-refractivity contribution in [3.05, 3.63) is 63.0 Å². The SMILES string of the molecule is CC1(C)O[C@@H]2[C@@H](CN(C(=O)c3cccc(Br)c3)[C@H]2C(=O)NC[C@@H](CO)COc2cccc(Br)c2)O1. The van der Waals surface area contributed by atoms with Crippen LogP contribution in [0.3, 0.4) is 0 Å². The summed E-state index contributed by atoms with van der Waals surface area (Å²) < 4.78 is 19.4. The van der Waals surface area contributed by atoms with E-state index in [2.05, 4.69) is 37.2 Å². The summed E-state index contributed by atoms with van der Waals surface area (Å²) in [7, 11) is 0. The molecule has 2 heterocycles. The zero-order chi connectivity index (χ0) is 25.2. The fourth-order valence-electron chi connectivity index (χ4n) is 4.34. The lowest BCUT2D eigenvalue weighted by Crippen LogP contribution is -2.52. The molecule has 4 atom stereocenters. The van der Waals surface area contributed by atoms with E-state index < -0.39 is 24.0 Å². The molecule has 2 fully saturated rings. The van der Waals surface area contributed by atoms with E-state index in [1.807, 2.05) is 30.3 Å². The number of ether oxygens (including phenoxy) is 3. The number of likely N-dealkylation sites (tertiary alicyclic amines) is 1. The number of halogens is 2. The van der Waals surface area contributed by atoms with Crippen LogP contribution < -0.4 is 10.1 Å². The molecule has 2 aromatic carbocycles. The van der Waals surface area contributed by atoms with E-state index in [-0.39, 0.29) is 44.0 Å². The Bertz CT molecular complexity index is 1080. The molecule has 0 unspecified atom stereocenters. The van der Waals surface area contributed by atoms with E-state index in [1.54, 1.807) is 32.0 Å². The Hall–Kier alpha value is -1.98. The number of fused-ring (bicyclic) bond motifs is 1. The monoisotopic (exact) mass is 610 g/mol. The molecule has 4 rings (SSSR count). The van der Waals surface area contributed by atoms with Crippen LogP contribution >= 0.6 is 31.9 Å². The second-order valence-corrected chi connectivity index (χ2v) is 10.9. The summed E-state index contributed by atoms with van der Waals surface area (Å²) >= 11 is 6.79. The number of nitrogens with one attached hydrogen (secondary N) is 1. The molecule has 2 aromatic rings. The van der Waals surface area contributed by atoms with Crippen molar-refractivity contribution >= 4 is 43.7 Å². The first kappa shape index (κ1) is 26.1. The number of amides is 2. The highest BCUT2D eigenvalue weighted by atomic mass is 79.9. The fourth-order valence-corrected chi connectivity index (χ4v) is 5.12. The number of benzene rings is 2. The van der Waals surface area contributed by atoms with E-state index in [1.165, 1.54) is 4.90 Å². The molecule has 35 heavy (non-hydrogen) atoms. The molecule has 0 saturated carbocycles. The van der Waals surface area contributed by atoms with Gasteiger partial charge in [0.2, 0.25) is 5.91 Å². The lowest BCUT2D eigenvalue weighted by molar-refractivity contribution is -0.162. The van der Waals surface area contributed by atoms with Gasteiger partial charge < -0.3 is 29.5 Å². The molecular formula is C25H28Br2N2O6. The second kappa shape index (κ2) is 11.0. The van der Waals surface area contributed by atoms with Gasteiger partial charge >= 0.3 is 0 Å². The van der Waals surface area contributed by atoms with Crippen LogP contribution in [0.5, 0.6) is 5.75 Å². The molecule has 0 bridgehead atoms. The summed E-state index contributed by atoms with van der Waals surface area (Å²) in [5.41, 5.74) is 0.465. The maximum Gasteiger partial charge on any atom is 0.254 e. The van der Waals surface area contributed by atoms with Crippen molar-refractivity contribution in [2.24, 2.45) is 5.92 Å². The Morgan fingerprint density at radius 3 is 2.57 bits per heavy atom. The van der Waals surface area contributed by atoms with Gasteiger partial charge in [0, 0.05) is 27.0 Å². The van der Waals surface area contributed by atoms with E-state index in [9.17, 15) is 14.7 Å². The smallest absolute Gasteiger partial charge is 0.254 e. The zero-order valence-corrected chi connectivity index (χ0v) is 22.6. The maximum atomic E-state index is 13.4. The Balaban J connectivity index is 1.44. The molecule has 2 amide bonds. The summed E-state index contributed by atoms with van der Waals surface area (Å²) in [6.45, 7) is 4.06. The molecule has 10 heteroatoms. The molecule has 2 aliphatic rings. The van der Waals surface area contributed by atoms with Crippen LogP contribution in [0.2, 0.25) is 0 Å². The molecule has 2 aliphatic heterocycles. The number of aliphatic hydroxyl groups excluding tert-OH is 1. The topological polar surface area (TPSA) is 97.3 Å². The maximum absolute atomic E-state index is 13.4. The summed E-state index contributed by atoms with van der Waals surface area (Å²) in [6.07, 6.45) is -1.00. The average molecular weight is 612 g/mol. The van der Waals surface area contributed by atoms with Crippen molar-refractivity contribution in [3.63, 3.8) is 0 Å². The standard InChI is InChI=1S/C25H28Br2N2O6/c1-25(2)34-20-12-29(24(32)16-5-3-6-17(26)9-16)21(22(20)35-25)23(31)28-11-15(13-30)14-33-19-8-4-7-18(27)10-19/h3-10,15,20-22,30H,11-14H2,1-2H3,(H,28,31)/t15-,20+,21+,22+/m0/s1. The summed E-state index contributed by atoms with van der Waals surface area (Å²) in [5, 5.41) is 12.7. The number of aliphatic hydroxyl groups is 1. The molecule has 8 nitrogen and oxygen atoms in total. The van der Waals surface area contributed by atoms with Crippen molar-refractivity contribution < 1.29 is 28.9 Å². The Morgan fingerprint density at radius 2 is 1.89 bits per heavy atom. The number of carbonyl (C=O) groups excluding carboxylic acids is 2. The minimum Gasteiger partial charge on any atom is -0.493 e.